The second-order valence-corrected chi connectivity index (χ2v) is 5.39. The molecule has 7 nitrogen and oxygen atoms in total. The number of furan rings is 1. The third-order valence-corrected chi connectivity index (χ3v) is 3.38. The first kappa shape index (κ1) is 17.5. The van der Waals surface area contributed by atoms with Crippen LogP contribution >= 0.6 is 0 Å². The molecule has 7 heteroatoms. The third-order valence-electron chi connectivity index (χ3n) is 3.38. The Morgan fingerprint density at radius 2 is 2.12 bits per heavy atom. The number of carbonyl (C=O) groups excluding carboxylic acids is 1. The summed E-state index contributed by atoms with van der Waals surface area (Å²) in [7, 11) is 0. The molecule has 2 aromatic rings. The van der Waals surface area contributed by atoms with Crippen LogP contribution in [0.3, 0.4) is 0 Å². The second kappa shape index (κ2) is 8.14. The summed E-state index contributed by atoms with van der Waals surface area (Å²) in [6, 6.07) is 7.91. The van der Waals surface area contributed by atoms with Gasteiger partial charge in [0.15, 0.2) is 11.5 Å². The van der Waals surface area contributed by atoms with Crippen LogP contribution in [0.15, 0.2) is 34.7 Å². The molecule has 0 radical (unpaired) electrons. The van der Waals surface area contributed by atoms with Crippen LogP contribution < -0.4 is 10.1 Å². The molecule has 0 bridgehead atoms. The largest absolute Gasteiger partial charge is 0.479 e. The van der Waals surface area contributed by atoms with Crippen LogP contribution in [0.5, 0.6) is 5.75 Å². The van der Waals surface area contributed by atoms with Crippen molar-refractivity contribution >= 4 is 11.6 Å². The Morgan fingerprint density at radius 3 is 2.83 bits per heavy atom. The molecule has 0 saturated carbocycles. The number of hydrogen-bond acceptors (Lipinski definition) is 5. The van der Waals surface area contributed by atoms with Crippen LogP contribution in [0.2, 0.25) is 0 Å². The zero-order chi connectivity index (χ0) is 17.5. The first-order valence-electron chi connectivity index (χ1n) is 7.76. The number of hydrogen-bond donors (Lipinski definition) is 1. The Hall–Kier alpha value is -2.83. The predicted octanol–water partition coefficient (Wildman–Crippen LogP) is 3.61. The van der Waals surface area contributed by atoms with E-state index in [4.69, 9.17) is 9.15 Å². The second-order valence-electron chi connectivity index (χ2n) is 5.39. The van der Waals surface area contributed by atoms with E-state index in [0.717, 1.165) is 18.4 Å². The maximum Gasteiger partial charge on any atom is 0.311 e. The van der Waals surface area contributed by atoms with E-state index < -0.39 is 4.92 Å². The Kier molecular flexibility index (Phi) is 5.95. The maximum absolute atomic E-state index is 11.9. The monoisotopic (exact) mass is 332 g/mol. The van der Waals surface area contributed by atoms with Crippen LogP contribution in [0.25, 0.3) is 0 Å². The molecule has 1 N–H and O–H groups in total. The molecule has 1 amide bonds. The molecule has 0 unspecified atom stereocenters. The summed E-state index contributed by atoms with van der Waals surface area (Å²) in [6.45, 7) is 4.41. The van der Waals surface area contributed by atoms with Gasteiger partial charge in [0.05, 0.1) is 4.92 Å². The molecule has 0 fully saturated rings. The number of benzene rings is 1. The van der Waals surface area contributed by atoms with E-state index >= 15 is 0 Å². The molecule has 0 atom stereocenters. The van der Waals surface area contributed by atoms with Gasteiger partial charge in [-0.25, -0.2) is 0 Å². The van der Waals surface area contributed by atoms with Gasteiger partial charge in [-0.1, -0.05) is 19.4 Å². The van der Waals surface area contributed by atoms with Crippen molar-refractivity contribution in [3.8, 4) is 5.75 Å². The van der Waals surface area contributed by atoms with Gasteiger partial charge in [0.25, 0.3) is 5.91 Å². The van der Waals surface area contributed by atoms with Crippen molar-refractivity contribution in [1.29, 1.82) is 0 Å². The van der Waals surface area contributed by atoms with E-state index in [1.807, 2.05) is 6.92 Å². The zero-order valence-electron chi connectivity index (χ0n) is 13.7. The van der Waals surface area contributed by atoms with Gasteiger partial charge in [-0.2, -0.15) is 0 Å². The molecule has 2 rings (SSSR count). The van der Waals surface area contributed by atoms with E-state index in [1.54, 1.807) is 31.2 Å². The van der Waals surface area contributed by atoms with Crippen LogP contribution in [0, 0.1) is 17.0 Å². The number of ether oxygens (including phenoxy) is 1. The molecule has 1 heterocycles. The van der Waals surface area contributed by atoms with Gasteiger partial charge in [-0.3, -0.25) is 14.9 Å². The van der Waals surface area contributed by atoms with Crippen molar-refractivity contribution in [2.24, 2.45) is 0 Å². The standard InChI is InChI=1S/C17H20N2O5/c1-3-4-9-18-17(20)16-8-6-13(24-16)11-23-15-7-5-12(2)10-14(15)19(21)22/h5-8,10H,3-4,9,11H2,1-2H3,(H,18,20). The Morgan fingerprint density at radius 1 is 1.33 bits per heavy atom. The summed E-state index contributed by atoms with van der Waals surface area (Å²) < 4.78 is 10.9. The SMILES string of the molecule is CCCCNC(=O)c1ccc(COc2ccc(C)cc2[N+](=O)[O-])o1. The quantitative estimate of drug-likeness (QED) is 0.453. The van der Waals surface area contributed by atoms with Gasteiger partial charge in [0.1, 0.15) is 12.4 Å². The number of nitro groups is 1. The number of nitrogens with one attached hydrogen (secondary N) is 1. The lowest BCUT2D eigenvalue weighted by molar-refractivity contribution is -0.386. The summed E-state index contributed by atoms with van der Waals surface area (Å²) in [5, 5.41) is 13.8. The Balaban J connectivity index is 1.98. The van der Waals surface area contributed by atoms with Crippen molar-refractivity contribution in [3.05, 3.63) is 57.5 Å². The average molecular weight is 332 g/mol. The van der Waals surface area contributed by atoms with Crippen molar-refractivity contribution in [2.45, 2.75) is 33.3 Å². The average Bonchev–Trinajstić information content (AvgIpc) is 3.02. The van der Waals surface area contributed by atoms with E-state index in [2.05, 4.69) is 5.32 Å². The van der Waals surface area contributed by atoms with E-state index in [9.17, 15) is 14.9 Å². The fraction of sp³-hybridized carbons (Fsp3) is 0.353. The lowest BCUT2D eigenvalue weighted by Crippen LogP contribution is -2.23. The lowest BCUT2D eigenvalue weighted by Gasteiger charge is -2.06. The number of aryl methyl sites for hydroxylation is 1. The Bertz CT molecular complexity index is 724. The van der Waals surface area contributed by atoms with E-state index in [0.29, 0.717) is 12.3 Å². The lowest BCUT2D eigenvalue weighted by atomic mass is 10.2. The zero-order valence-corrected chi connectivity index (χ0v) is 13.7. The number of amides is 1. The van der Waals surface area contributed by atoms with Crippen LogP contribution in [-0.2, 0) is 6.61 Å². The van der Waals surface area contributed by atoms with Crippen LogP contribution in [0.1, 0.15) is 41.6 Å². The first-order valence-corrected chi connectivity index (χ1v) is 7.76. The first-order chi connectivity index (χ1) is 11.5. The minimum atomic E-state index is -0.489. The third kappa shape index (κ3) is 4.58. The molecule has 128 valence electrons. The number of unbranched alkanes of at least 4 members (excludes halogenated alkanes) is 1. The van der Waals surface area contributed by atoms with Gasteiger partial charge < -0.3 is 14.5 Å². The van der Waals surface area contributed by atoms with Crippen LogP contribution in [0.4, 0.5) is 5.69 Å². The summed E-state index contributed by atoms with van der Waals surface area (Å²) in [4.78, 5) is 22.4. The molecular formula is C17H20N2O5. The number of nitrogens with zero attached hydrogens (tertiary/aromatic N) is 1. The highest BCUT2D eigenvalue weighted by atomic mass is 16.6. The molecule has 0 aliphatic rings. The van der Waals surface area contributed by atoms with E-state index in [1.165, 1.54) is 6.07 Å². The molecule has 1 aromatic heterocycles. The normalized spacial score (nSPS) is 10.4. The van der Waals surface area contributed by atoms with Gasteiger partial charge in [0, 0.05) is 12.6 Å². The summed E-state index contributed by atoms with van der Waals surface area (Å²) in [5.74, 6) is 0.501. The van der Waals surface area contributed by atoms with Crippen molar-refractivity contribution in [2.75, 3.05) is 6.54 Å². The van der Waals surface area contributed by atoms with Crippen molar-refractivity contribution in [3.63, 3.8) is 0 Å². The smallest absolute Gasteiger partial charge is 0.311 e. The number of rotatable bonds is 8. The molecule has 1 aromatic carbocycles. The van der Waals surface area contributed by atoms with Crippen LogP contribution in [-0.4, -0.2) is 17.4 Å². The molecule has 0 aliphatic carbocycles. The number of nitro benzene ring substituents is 1. The minimum Gasteiger partial charge on any atom is -0.479 e. The molecular weight excluding hydrogens is 312 g/mol. The van der Waals surface area contributed by atoms with Gasteiger partial charge in [0.2, 0.25) is 0 Å². The molecule has 24 heavy (non-hydrogen) atoms. The highest BCUT2D eigenvalue weighted by molar-refractivity contribution is 5.91. The minimum absolute atomic E-state index is 0.00609. The predicted molar refractivity (Wildman–Crippen MR) is 88.1 cm³/mol. The fourth-order valence-corrected chi connectivity index (χ4v) is 2.08. The van der Waals surface area contributed by atoms with Crippen molar-refractivity contribution in [1.82, 2.24) is 5.32 Å². The molecule has 0 saturated heterocycles. The van der Waals surface area contributed by atoms with Gasteiger partial charge >= 0.3 is 5.69 Å². The highest BCUT2D eigenvalue weighted by Gasteiger charge is 2.16. The number of carbonyl (C=O) groups is 1. The summed E-state index contributed by atoms with van der Waals surface area (Å²) in [6.07, 6.45) is 1.90. The van der Waals surface area contributed by atoms with Gasteiger partial charge in [-0.15, -0.1) is 0 Å². The molecule has 0 aliphatic heterocycles. The summed E-state index contributed by atoms with van der Waals surface area (Å²) in [5.41, 5.74) is 0.678. The van der Waals surface area contributed by atoms with E-state index in [-0.39, 0.29) is 29.7 Å². The highest BCUT2D eigenvalue weighted by Crippen LogP contribution is 2.28. The van der Waals surface area contributed by atoms with Crippen molar-refractivity contribution < 1.29 is 18.9 Å². The maximum atomic E-state index is 11.9. The fourth-order valence-electron chi connectivity index (χ4n) is 2.08. The summed E-state index contributed by atoms with van der Waals surface area (Å²) >= 11 is 0. The Labute approximate surface area is 139 Å². The molecule has 0 spiro atoms. The van der Waals surface area contributed by atoms with Gasteiger partial charge in [-0.05, 0) is 37.1 Å². The topological polar surface area (TPSA) is 94.6 Å².